The first-order chi connectivity index (χ1) is 18.3. The van der Waals surface area contributed by atoms with Gasteiger partial charge in [0.1, 0.15) is 5.58 Å². The van der Waals surface area contributed by atoms with E-state index in [1.54, 1.807) is 0 Å². The first kappa shape index (κ1) is 20.6. The topological polar surface area (TPSA) is 16.4 Å². The van der Waals surface area contributed by atoms with Crippen molar-refractivity contribution >= 4 is 81.3 Å². The molecule has 0 unspecified atom stereocenters. The molecule has 174 valence electrons. The third-order valence-corrected chi connectivity index (χ3v) is 8.46. The van der Waals surface area contributed by atoms with Crippen LogP contribution >= 0.6 is 11.3 Å². The molecule has 0 saturated heterocycles. The lowest BCUT2D eigenvalue weighted by atomic mass is 10.0. The van der Waals surface area contributed by atoms with Gasteiger partial charge in [-0.1, -0.05) is 84.9 Å². The van der Waals surface area contributed by atoms with Gasteiger partial charge in [-0.05, 0) is 53.2 Å². The molecule has 0 radical (unpaired) electrons. The van der Waals surface area contributed by atoms with Gasteiger partial charge in [-0.2, -0.15) is 0 Å². The lowest BCUT2D eigenvalue weighted by Gasteiger charge is -2.25. The second-order valence-electron chi connectivity index (χ2n) is 9.37. The summed E-state index contributed by atoms with van der Waals surface area (Å²) in [5.41, 5.74) is 5.03. The Morgan fingerprint density at radius 3 is 2.19 bits per heavy atom. The van der Waals surface area contributed by atoms with Crippen molar-refractivity contribution < 1.29 is 4.42 Å². The highest BCUT2D eigenvalue weighted by atomic mass is 32.1. The Morgan fingerprint density at radius 2 is 1.27 bits per heavy atom. The van der Waals surface area contributed by atoms with Crippen LogP contribution in [-0.2, 0) is 0 Å². The maximum atomic E-state index is 6.45. The van der Waals surface area contributed by atoms with Crippen molar-refractivity contribution in [3.05, 3.63) is 127 Å². The minimum atomic E-state index is 0.896. The number of para-hydroxylation sites is 3. The maximum absolute atomic E-state index is 6.45. The average molecular weight is 492 g/mol. The van der Waals surface area contributed by atoms with Gasteiger partial charge in [-0.3, -0.25) is 0 Å². The summed E-state index contributed by atoms with van der Waals surface area (Å²) >= 11 is 1.87. The summed E-state index contributed by atoms with van der Waals surface area (Å²) in [5.74, 6) is 0. The number of anilines is 3. The highest BCUT2D eigenvalue weighted by Crippen LogP contribution is 2.44. The lowest BCUT2D eigenvalue weighted by molar-refractivity contribution is 0.669. The number of hydrogen-bond donors (Lipinski definition) is 0. The van der Waals surface area contributed by atoms with E-state index in [9.17, 15) is 0 Å². The molecule has 3 heteroatoms. The molecule has 0 aliphatic carbocycles. The zero-order valence-electron chi connectivity index (χ0n) is 19.9. The molecule has 2 aromatic heterocycles. The van der Waals surface area contributed by atoms with Crippen molar-refractivity contribution in [2.24, 2.45) is 0 Å². The van der Waals surface area contributed by atoms with E-state index >= 15 is 0 Å². The van der Waals surface area contributed by atoms with E-state index in [4.69, 9.17) is 4.42 Å². The Hall–Kier alpha value is -4.60. The van der Waals surface area contributed by atoms with Gasteiger partial charge in [0.25, 0.3) is 0 Å². The highest BCUT2D eigenvalue weighted by molar-refractivity contribution is 7.26. The predicted molar refractivity (Wildman–Crippen MR) is 159 cm³/mol. The SMILES string of the molecule is c1ccc(N(c2ccc3c(ccc4c5ccccc5sc34)c2)c2cccc3c2oc2ccccc23)cc1. The summed E-state index contributed by atoms with van der Waals surface area (Å²) < 4.78 is 9.12. The zero-order chi connectivity index (χ0) is 24.3. The Balaban J connectivity index is 1.38. The quantitative estimate of drug-likeness (QED) is 0.244. The van der Waals surface area contributed by atoms with Gasteiger partial charge in [0, 0.05) is 42.3 Å². The Morgan fingerprint density at radius 1 is 0.514 bits per heavy atom. The molecule has 8 aromatic rings. The van der Waals surface area contributed by atoms with Gasteiger partial charge >= 0.3 is 0 Å². The molecule has 37 heavy (non-hydrogen) atoms. The number of rotatable bonds is 3. The Kier molecular flexibility index (Phi) is 4.42. The molecular weight excluding hydrogens is 470 g/mol. The van der Waals surface area contributed by atoms with Crippen LogP contribution in [0.25, 0.3) is 52.9 Å². The van der Waals surface area contributed by atoms with Gasteiger partial charge in [0.05, 0.1) is 5.69 Å². The largest absolute Gasteiger partial charge is 0.454 e. The second kappa shape index (κ2) is 7.95. The normalized spacial score (nSPS) is 11.8. The molecule has 8 rings (SSSR count). The number of furan rings is 1. The number of fused-ring (bicyclic) bond motifs is 8. The smallest absolute Gasteiger partial charge is 0.159 e. The standard InChI is InChI=1S/C34H21NOS/c1-2-9-23(10-3-1)35(30-14-8-13-28-26-11-4-6-15-31(26)36-33(28)30)24-18-20-25-22(21-24)17-19-29-27-12-5-7-16-32(27)37-34(25)29/h1-21H. The van der Waals surface area contributed by atoms with Crippen LogP contribution in [0.5, 0.6) is 0 Å². The molecule has 0 bridgehead atoms. The molecule has 0 aliphatic heterocycles. The summed E-state index contributed by atoms with van der Waals surface area (Å²) in [4.78, 5) is 2.30. The zero-order valence-corrected chi connectivity index (χ0v) is 20.7. The number of hydrogen-bond acceptors (Lipinski definition) is 3. The lowest BCUT2D eigenvalue weighted by Crippen LogP contribution is -2.10. The summed E-state index contributed by atoms with van der Waals surface area (Å²) in [6.45, 7) is 0. The van der Waals surface area contributed by atoms with E-state index in [1.807, 2.05) is 23.5 Å². The molecule has 6 aromatic carbocycles. The predicted octanol–water partition coefficient (Wildman–Crippen LogP) is 10.6. The van der Waals surface area contributed by atoms with Crippen LogP contribution in [0.1, 0.15) is 0 Å². The van der Waals surface area contributed by atoms with E-state index in [1.165, 1.54) is 30.9 Å². The van der Waals surface area contributed by atoms with Gasteiger partial charge in [-0.15, -0.1) is 11.3 Å². The summed E-state index contributed by atoms with van der Waals surface area (Å²) in [6.07, 6.45) is 0. The van der Waals surface area contributed by atoms with Gasteiger partial charge < -0.3 is 9.32 Å². The second-order valence-corrected chi connectivity index (χ2v) is 10.4. The minimum Gasteiger partial charge on any atom is -0.454 e. The fourth-order valence-electron chi connectivity index (χ4n) is 5.55. The molecule has 0 spiro atoms. The molecule has 0 atom stereocenters. The van der Waals surface area contributed by atoms with Crippen molar-refractivity contribution in [3.63, 3.8) is 0 Å². The molecule has 0 aliphatic rings. The van der Waals surface area contributed by atoms with E-state index in [-0.39, 0.29) is 0 Å². The van der Waals surface area contributed by atoms with Gasteiger partial charge in [0.15, 0.2) is 5.58 Å². The Bertz CT molecular complexity index is 2100. The number of nitrogens with zero attached hydrogens (tertiary/aromatic N) is 1. The van der Waals surface area contributed by atoms with Gasteiger partial charge in [0.2, 0.25) is 0 Å². The van der Waals surface area contributed by atoms with E-state index < -0.39 is 0 Å². The first-order valence-electron chi connectivity index (χ1n) is 12.4. The number of benzene rings is 6. The molecule has 0 amide bonds. The van der Waals surface area contributed by atoms with Crippen LogP contribution in [0, 0.1) is 0 Å². The van der Waals surface area contributed by atoms with Crippen molar-refractivity contribution in [2.45, 2.75) is 0 Å². The molecule has 0 fully saturated rings. The van der Waals surface area contributed by atoms with Gasteiger partial charge in [-0.25, -0.2) is 0 Å². The van der Waals surface area contributed by atoms with Crippen molar-refractivity contribution in [2.75, 3.05) is 4.90 Å². The van der Waals surface area contributed by atoms with Crippen LogP contribution in [0.4, 0.5) is 17.1 Å². The van der Waals surface area contributed by atoms with E-state index in [2.05, 4.69) is 120 Å². The van der Waals surface area contributed by atoms with Crippen LogP contribution in [0.2, 0.25) is 0 Å². The average Bonchev–Trinajstić information content (AvgIpc) is 3.53. The monoisotopic (exact) mass is 491 g/mol. The van der Waals surface area contributed by atoms with Crippen LogP contribution in [0.3, 0.4) is 0 Å². The molecule has 0 saturated carbocycles. The van der Waals surface area contributed by atoms with Crippen LogP contribution in [-0.4, -0.2) is 0 Å². The third kappa shape index (κ3) is 3.11. The van der Waals surface area contributed by atoms with E-state index in [0.29, 0.717) is 0 Å². The summed E-state index contributed by atoms with van der Waals surface area (Å²) in [6, 6.07) is 45.2. The minimum absolute atomic E-state index is 0.896. The molecule has 2 nitrogen and oxygen atoms in total. The van der Waals surface area contributed by atoms with Crippen molar-refractivity contribution in [1.82, 2.24) is 0 Å². The fraction of sp³-hybridized carbons (Fsp3) is 0. The van der Waals surface area contributed by atoms with Crippen molar-refractivity contribution in [3.8, 4) is 0 Å². The summed E-state index contributed by atoms with van der Waals surface area (Å²) in [5, 5.41) is 7.44. The van der Waals surface area contributed by atoms with Crippen molar-refractivity contribution in [1.29, 1.82) is 0 Å². The van der Waals surface area contributed by atoms with Crippen LogP contribution in [0.15, 0.2) is 132 Å². The highest BCUT2D eigenvalue weighted by Gasteiger charge is 2.19. The fourth-order valence-corrected chi connectivity index (χ4v) is 6.79. The van der Waals surface area contributed by atoms with E-state index in [0.717, 1.165) is 39.0 Å². The third-order valence-electron chi connectivity index (χ3n) is 7.24. The molecule has 2 heterocycles. The summed E-state index contributed by atoms with van der Waals surface area (Å²) in [7, 11) is 0. The molecular formula is C34H21NOS. The first-order valence-corrected chi connectivity index (χ1v) is 13.3. The Labute approximate surface area is 217 Å². The molecule has 0 N–H and O–H groups in total. The number of thiophene rings is 1. The maximum Gasteiger partial charge on any atom is 0.159 e. The van der Waals surface area contributed by atoms with Crippen LogP contribution < -0.4 is 4.90 Å².